The van der Waals surface area contributed by atoms with Crippen molar-refractivity contribution in [3.05, 3.63) is 101 Å². The maximum absolute atomic E-state index is 13.0. The number of aliphatic hydroxyl groups is 1. The first-order valence-electron chi connectivity index (χ1n) is 10.4. The van der Waals surface area contributed by atoms with Gasteiger partial charge in [-0.05, 0) is 66.9 Å². The van der Waals surface area contributed by atoms with Gasteiger partial charge in [-0.2, -0.15) is 0 Å². The SMILES string of the molecule is COc1ccc(C#Cc2ccc(C(=O)N3CCCC(O)(c4ccccc4)C3)cc2)cc1. The summed E-state index contributed by atoms with van der Waals surface area (Å²) in [4.78, 5) is 14.8. The van der Waals surface area contributed by atoms with Crippen LogP contribution < -0.4 is 4.74 Å². The van der Waals surface area contributed by atoms with Crippen LogP contribution >= 0.6 is 0 Å². The van der Waals surface area contributed by atoms with E-state index in [1.165, 1.54) is 0 Å². The summed E-state index contributed by atoms with van der Waals surface area (Å²) in [5, 5.41) is 11.1. The van der Waals surface area contributed by atoms with Crippen molar-refractivity contribution in [2.75, 3.05) is 20.2 Å². The quantitative estimate of drug-likeness (QED) is 0.657. The number of rotatable bonds is 3. The Labute approximate surface area is 183 Å². The summed E-state index contributed by atoms with van der Waals surface area (Å²) in [5.74, 6) is 6.97. The number of β-amino-alcohol motifs (C(OH)–C–C–N with tert-alkyl or cyclic N) is 1. The van der Waals surface area contributed by atoms with Gasteiger partial charge in [-0.15, -0.1) is 0 Å². The molecule has 1 aliphatic heterocycles. The number of amides is 1. The lowest BCUT2D eigenvalue weighted by molar-refractivity contribution is -0.0289. The molecule has 3 aromatic rings. The van der Waals surface area contributed by atoms with E-state index in [1.54, 1.807) is 24.1 Å². The Morgan fingerprint density at radius 2 is 1.55 bits per heavy atom. The van der Waals surface area contributed by atoms with Gasteiger partial charge >= 0.3 is 0 Å². The van der Waals surface area contributed by atoms with Gasteiger partial charge in [0.2, 0.25) is 0 Å². The number of hydrogen-bond acceptors (Lipinski definition) is 3. The fourth-order valence-electron chi connectivity index (χ4n) is 3.89. The Morgan fingerprint density at radius 3 is 2.16 bits per heavy atom. The second-order valence-electron chi connectivity index (χ2n) is 7.78. The number of piperidine rings is 1. The van der Waals surface area contributed by atoms with Crippen molar-refractivity contribution >= 4 is 5.91 Å². The molecule has 1 fully saturated rings. The molecule has 1 amide bonds. The fraction of sp³-hybridized carbons (Fsp3) is 0.222. The lowest BCUT2D eigenvalue weighted by atomic mass is 9.85. The molecule has 4 nitrogen and oxygen atoms in total. The van der Waals surface area contributed by atoms with Crippen LogP contribution in [-0.2, 0) is 5.60 Å². The number of methoxy groups -OCH3 is 1. The zero-order chi connectivity index (χ0) is 21.7. The predicted molar refractivity (Wildman–Crippen MR) is 121 cm³/mol. The Bertz CT molecular complexity index is 1100. The van der Waals surface area contributed by atoms with Crippen LogP contribution in [-0.4, -0.2) is 36.1 Å². The van der Waals surface area contributed by atoms with E-state index in [0.29, 0.717) is 25.1 Å². The molecule has 1 saturated heterocycles. The lowest BCUT2D eigenvalue weighted by Gasteiger charge is -2.39. The van der Waals surface area contributed by atoms with E-state index in [0.717, 1.165) is 28.9 Å². The Morgan fingerprint density at radius 1 is 0.935 bits per heavy atom. The first-order chi connectivity index (χ1) is 15.1. The van der Waals surface area contributed by atoms with Gasteiger partial charge in [-0.3, -0.25) is 4.79 Å². The number of carbonyl (C=O) groups excluding carboxylic acids is 1. The van der Waals surface area contributed by atoms with Crippen molar-refractivity contribution < 1.29 is 14.6 Å². The summed E-state index contributed by atoms with van der Waals surface area (Å²) in [6.07, 6.45) is 1.42. The van der Waals surface area contributed by atoms with Crippen molar-refractivity contribution in [1.29, 1.82) is 0 Å². The smallest absolute Gasteiger partial charge is 0.253 e. The second kappa shape index (κ2) is 9.07. The Balaban J connectivity index is 1.45. The molecular formula is C27H25NO3. The van der Waals surface area contributed by atoms with Gasteiger partial charge in [0, 0.05) is 23.2 Å². The summed E-state index contributed by atoms with van der Waals surface area (Å²) in [7, 11) is 1.63. The Hall–Kier alpha value is -3.55. The molecule has 156 valence electrons. The van der Waals surface area contributed by atoms with Crippen LogP contribution in [0.5, 0.6) is 5.75 Å². The minimum Gasteiger partial charge on any atom is -0.497 e. The maximum Gasteiger partial charge on any atom is 0.253 e. The summed E-state index contributed by atoms with van der Waals surface area (Å²) in [5.41, 5.74) is 2.20. The van der Waals surface area contributed by atoms with Gasteiger partial charge in [0.25, 0.3) is 5.91 Å². The van der Waals surface area contributed by atoms with Crippen LogP contribution in [0.1, 0.15) is 39.9 Å². The molecule has 1 atom stereocenters. The van der Waals surface area contributed by atoms with Crippen molar-refractivity contribution in [2.45, 2.75) is 18.4 Å². The molecule has 0 spiro atoms. The molecule has 4 rings (SSSR count). The molecular weight excluding hydrogens is 386 g/mol. The highest BCUT2D eigenvalue weighted by Gasteiger charge is 2.36. The molecule has 0 bridgehead atoms. The van der Waals surface area contributed by atoms with Gasteiger partial charge in [0.15, 0.2) is 0 Å². The largest absolute Gasteiger partial charge is 0.497 e. The third-order valence-electron chi connectivity index (χ3n) is 5.64. The van der Waals surface area contributed by atoms with Crippen LogP contribution in [0, 0.1) is 11.8 Å². The molecule has 0 aliphatic carbocycles. The van der Waals surface area contributed by atoms with Crippen molar-refractivity contribution in [3.63, 3.8) is 0 Å². The monoisotopic (exact) mass is 411 g/mol. The fourth-order valence-corrected chi connectivity index (χ4v) is 3.89. The standard InChI is InChI=1S/C27H25NO3/c1-31-25-16-12-22(13-17-25)9-8-21-10-14-23(15-11-21)26(29)28-19-5-18-27(30,20-28)24-6-3-2-4-7-24/h2-4,6-7,10-17,30H,5,18-20H2,1H3. The van der Waals surface area contributed by atoms with Crippen molar-refractivity contribution in [3.8, 4) is 17.6 Å². The van der Waals surface area contributed by atoms with Crippen molar-refractivity contribution in [2.24, 2.45) is 0 Å². The molecule has 3 aromatic carbocycles. The van der Waals surface area contributed by atoms with Gasteiger partial charge in [-0.1, -0.05) is 42.2 Å². The van der Waals surface area contributed by atoms with E-state index in [9.17, 15) is 9.90 Å². The molecule has 0 radical (unpaired) electrons. The van der Waals surface area contributed by atoms with Gasteiger partial charge < -0.3 is 14.7 Å². The molecule has 0 aromatic heterocycles. The lowest BCUT2D eigenvalue weighted by Crippen LogP contribution is -2.48. The normalized spacial score (nSPS) is 18.1. The first kappa shape index (κ1) is 20.7. The van der Waals surface area contributed by atoms with E-state index in [4.69, 9.17) is 4.74 Å². The summed E-state index contributed by atoms with van der Waals surface area (Å²) < 4.78 is 5.16. The van der Waals surface area contributed by atoms with E-state index in [-0.39, 0.29) is 5.91 Å². The van der Waals surface area contributed by atoms with E-state index < -0.39 is 5.60 Å². The second-order valence-corrected chi connectivity index (χ2v) is 7.78. The first-order valence-corrected chi connectivity index (χ1v) is 10.4. The molecule has 4 heteroatoms. The summed E-state index contributed by atoms with van der Waals surface area (Å²) in [6.45, 7) is 0.946. The van der Waals surface area contributed by atoms with Gasteiger partial charge in [-0.25, -0.2) is 0 Å². The topological polar surface area (TPSA) is 49.8 Å². The zero-order valence-electron chi connectivity index (χ0n) is 17.5. The highest BCUT2D eigenvalue weighted by atomic mass is 16.5. The van der Waals surface area contributed by atoms with Crippen LogP contribution in [0.25, 0.3) is 0 Å². The van der Waals surface area contributed by atoms with E-state index in [1.807, 2.05) is 66.7 Å². The average molecular weight is 412 g/mol. The van der Waals surface area contributed by atoms with Crippen LogP contribution in [0.2, 0.25) is 0 Å². The zero-order valence-corrected chi connectivity index (χ0v) is 17.5. The van der Waals surface area contributed by atoms with E-state index >= 15 is 0 Å². The highest BCUT2D eigenvalue weighted by molar-refractivity contribution is 5.94. The number of likely N-dealkylation sites (tertiary alicyclic amines) is 1. The molecule has 1 unspecified atom stereocenters. The number of carbonyl (C=O) groups is 1. The van der Waals surface area contributed by atoms with Crippen molar-refractivity contribution in [1.82, 2.24) is 4.90 Å². The number of ether oxygens (including phenoxy) is 1. The highest BCUT2D eigenvalue weighted by Crippen LogP contribution is 2.32. The third kappa shape index (κ3) is 4.79. The molecule has 31 heavy (non-hydrogen) atoms. The van der Waals surface area contributed by atoms with Crippen LogP contribution in [0.3, 0.4) is 0 Å². The minimum atomic E-state index is -1.00. The molecule has 0 saturated carbocycles. The molecule has 1 heterocycles. The third-order valence-corrected chi connectivity index (χ3v) is 5.64. The van der Waals surface area contributed by atoms with Crippen LogP contribution in [0.15, 0.2) is 78.9 Å². The minimum absolute atomic E-state index is 0.0660. The molecule has 1 aliphatic rings. The van der Waals surface area contributed by atoms with Gasteiger partial charge in [0.05, 0.1) is 13.7 Å². The summed E-state index contributed by atoms with van der Waals surface area (Å²) in [6, 6.07) is 24.5. The average Bonchev–Trinajstić information content (AvgIpc) is 2.83. The number of nitrogens with zero attached hydrogens (tertiary/aromatic N) is 1. The maximum atomic E-state index is 13.0. The predicted octanol–water partition coefficient (Wildman–Crippen LogP) is 4.22. The number of hydrogen-bond donors (Lipinski definition) is 1. The number of benzene rings is 3. The van der Waals surface area contributed by atoms with Gasteiger partial charge in [0.1, 0.15) is 11.4 Å². The van der Waals surface area contributed by atoms with Crippen LogP contribution in [0.4, 0.5) is 0 Å². The Kier molecular flexibility index (Phi) is 6.06. The van der Waals surface area contributed by atoms with E-state index in [2.05, 4.69) is 11.8 Å². The molecule has 1 N–H and O–H groups in total. The summed E-state index contributed by atoms with van der Waals surface area (Å²) >= 11 is 0.